The van der Waals surface area contributed by atoms with E-state index in [2.05, 4.69) is 9.97 Å². The number of aromatic nitrogens is 2. The van der Waals surface area contributed by atoms with Gasteiger partial charge in [0.25, 0.3) is 0 Å². The molecule has 1 aromatic heterocycles. The Labute approximate surface area is 129 Å². The first-order chi connectivity index (χ1) is 10.9. The second-order valence-corrected chi connectivity index (χ2v) is 4.88. The number of hydrogen-bond acceptors (Lipinski definition) is 4. The average Bonchev–Trinajstić information content (AvgIpc) is 2.99. The molecule has 2 aromatic carbocycles. The standard InChI is InChI=1S/C17H19N3O2/c18-8-9-21-10-11-22-14-6-7-15-16(12-14)20-17(19-15)13-4-2-1-3-5-13/h1-7,12H,8-11,18H2,(H,19,20). The number of hydrogen-bond donors (Lipinski definition) is 2. The fourth-order valence-corrected chi connectivity index (χ4v) is 2.22. The van der Waals surface area contributed by atoms with Gasteiger partial charge in [-0.05, 0) is 12.1 Å². The van der Waals surface area contributed by atoms with E-state index in [9.17, 15) is 0 Å². The van der Waals surface area contributed by atoms with Gasteiger partial charge in [-0.1, -0.05) is 30.3 Å². The molecule has 0 bridgehead atoms. The van der Waals surface area contributed by atoms with E-state index in [0.717, 1.165) is 28.2 Å². The minimum atomic E-state index is 0.505. The molecule has 0 aliphatic carbocycles. The molecule has 0 fully saturated rings. The molecule has 0 unspecified atom stereocenters. The van der Waals surface area contributed by atoms with Crippen LogP contribution >= 0.6 is 0 Å². The molecular formula is C17H19N3O2. The van der Waals surface area contributed by atoms with E-state index >= 15 is 0 Å². The van der Waals surface area contributed by atoms with Crippen molar-refractivity contribution in [2.24, 2.45) is 5.73 Å². The molecule has 0 spiro atoms. The first-order valence-electron chi connectivity index (χ1n) is 7.32. The minimum absolute atomic E-state index is 0.505. The van der Waals surface area contributed by atoms with E-state index in [-0.39, 0.29) is 0 Å². The Morgan fingerprint density at radius 1 is 1.00 bits per heavy atom. The lowest BCUT2D eigenvalue weighted by molar-refractivity contribution is 0.106. The fraction of sp³-hybridized carbons (Fsp3) is 0.235. The second-order valence-electron chi connectivity index (χ2n) is 4.88. The monoisotopic (exact) mass is 297 g/mol. The zero-order valence-electron chi connectivity index (χ0n) is 12.3. The molecule has 0 atom stereocenters. The summed E-state index contributed by atoms with van der Waals surface area (Å²) < 4.78 is 10.9. The summed E-state index contributed by atoms with van der Waals surface area (Å²) in [6.45, 7) is 2.13. The molecule has 0 radical (unpaired) electrons. The number of imidazole rings is 1. The summed E-state index contributed by atoms with van der Waals surface area (Å²) in [6, 6.07) is 15.9. The maximum Gasteiger partial charge on any atom is 0.138 e. The summed E-state index contributed by atoms with van der Waals surface area (Å²) in [5.74, 6) is 1.66. The van der Waals surface area contributed by atoms with Crippen LogP contribution in [-0.4, -0.2) is 36.3 Å². The third-order valence-corrected chi connectivity index (χ3v) is 3.26. The second kappa shape index (κ2) is 7.06. The first-order valence-corrected chi connectivity index (χ1v) is 7.32. The number of nitrogens with zero attached hydrogens (tertiary/aromatic N) is 1. The number of H-pyrrole nitrogens is 1. The van der Waals surface area contributed by atoms with Crippen molar-refractivity contribution < 1.29 is 9.47 Å². The highest BCUT2D eigenvalue weighted by atomic mass is 16.5. The average molecular weight is 297 g/mol. The highest BCUT2D eigenvalue weighted by Gasteiger charge is 2.06. The topological polar surface area (TPSA) is 73.2 Å². The van der Waals surface area contributed by atoms with E-state index in [1.54, 1.807) is 0 Å². The summed E-state index contributed by atoms with van der Waals surface area (Å²) in [6.07, 6.45) is 0. The summed E-state index contributed by atoms with van der Waals surface area (Å²) in [5.41, 5.74) is 8.30. The van der Waals surface area contributed by atoms with Crippen molar-refractivity contribution in [3.05, 3.63) is 48.5 Å². The number of rotatable bonds is 7. The van der Waals surface area contributed by atoms with Crippen molar-refractivity contribution in [2.45, 2.75) is 0 Å². The van der Waals surface area contributed by atoms with Gasteiger partial charge >= 0.3 is 0 Å². The summed E-state index contributed by atoms with van der Waals surface area (Å²) >= 11 is 0. The molecule has 0 aliphatic rings. The van der Waals surface area contributed by atoms with Gasteiger partial charge in [0.2, 0.25) is 0 Å². The van der Waals surface area contributed by atoms with Crippen LogP contribution in [0.2, 0.25) is 0 Å². The highest BCUT2D eigenvalue weighted by molar-refractivity contribution is 5.80. The fourth-order valence-electron chi connectivity index (χ4n) is 2.22. The lowest BCUT2D eigenvalue weighted by atomic mass is 10.2. The van der Waals surface area contributed by atoms with Crippen LogP contribution in [-0.2, 0) is 4.74 Å². The first kappa shape index (κ1) is 14.6. The molecule has 1 heterocycles. The molecule has 0 aliphatic heterocycles. The van der Waals surface area contributed by atoms with Gasteiger partial charge in [0.1, 0.15) is 18.2 Å². The normalized spacial score (nSPS) is 11.0. The molecule has 0 amide bonds. The van der Waals surface area contributed by atoms with Gasteiger partial charge in [-0.3, -0.25) is 0 Å². The molecule has 3 rings (SSSR count). The van der Waals surface area contributed by atoms with Gasteiger partial charge in [0.05, 0.1) is 24.2 Å². The van der Waals surface area contributed by atoms with Crippen LogP contribution in [0.25, 0.3) is 22.4 Å². The summed E-state index contributed by atoms with van der Waals surface area (Å²) in [5, 5.41) is 0. The van der Waals surface area contributed by atoms with Crippen molar-refractivity contribution >= 4 is 11.0 Å². The Balaban J connectivity index is 1.70. The largest absolute Gasteiger partial charge is 0.491 e. The number of nitrogens with two attached hydrogens (primary N) is 1. The van der Waals surface area contributed by atoms with Crippen LogP contribution in [0.5, 0.6) is 5.75 Å². The maximum absolute atomic E-state index is 5.66. The molecule has 0 saturated heterocycles. The Hall–Kier alpha value is -2.37. The molecule has 3 N–H and O–H groups in total. The van der Waals surface area contributed by atoms with Crippen molar-refractivity contribution in [1.29, 1.82) is 0 Å². The van der Waals surface area contributed by atoms with Crippen molar-refractivity contribution in [2.75, 3.05) is 26.4 Å². The predicted octanol–water partition coefficient (Wildman–Crippen LogP) is 2.58. The van der Waals surface area contributed by atoms with Crippen LogP contribution in [0.1, 0.15) is 0 Å². The number of benzene rings is 2. The van der Waals surface area contributed by atoms with Gasteiger partial charge in [-0.25, -0.2) is 4.98 Å². The van der Waals surface area contributed by atoms with Crippen molar-refractivity contribution in [3.8, 4) is 17.1 Å². The van der Waals surface area contributed by atoms with Gasteiger partial charge < -0.3 is 20.2 Å². The zero-order valence-corrected chi connectivity index (χ0v) is 12.3. The van der Waals surface area contributed by atoms with Gasteiger partial charge in [-0.2, -0.15) is 0 Å². The number of ether oxygens (including phenoxy) is 2. The Bertz CT molecular complexity index is 725. The van der Waals surface area contributed by atoms with E-state index in [4.69, 9.17) is 15.2 Å². The van der Waals surface area contributed by atoms with Gasteiger partial charge in [0, 0.05) is 18.2 Å². The third kappa shape index (κ3) is 3.44. The molecule has 0 saturated carbocycles. The van der Waals surface area contributed by atoms with E-state index in [0.29, 0.717) is 26.4 Å². The minimum Gasteiger partial charge on any atom is -0.491 e. The molecule has 22 heavy (non-hydrogen) atoms. The lowest BCUT2D eigenvalue weighted by Gasteiger charge is -2.06. The van der Waals surface area contributed by atoms with Gasteiger partial charge in [-0.15, -0.1) is 0 Å². The van der Waals surface area contributed by atoms with E-state index in [1.165, 1.54) is 0 Å². The SMILES string of the molecule is NCCOCCOc1ccc2nc(-c3ccccc3)[nH]c2c1. The van der Waals surface area contributed by atoms with Crippen molar-refractivity contribution in [1.82, 2.24) is 9.97 Å². The highest BCUT2D eigenvalue weighted by Crippen LogP contribution is 2.23. The Morgan fingerprint density at radius 3 is 2.68 bits per heavy atom. The molecular weight excluding hydrogens is 278 g/mol. The third-order valence-electron chi connectivity index (χ3n) is 3.26. The van der Waals surface area contributed by atoms with Crippen LogP contribution in [0.4, 0.5) is 0 Å². The number of aromatic amines is 1. The number of nitrogens with one attached hydrogen (secondary N) is 1. The van der Waals surface area contributed by atoms with Crippen molar-refractivity contribution in [3.63, 3.8) is 0 Å². The predicted molar refractivity (Wildman–Crippen MR) is 86.9 cm³/mol. The summed E-state index contributed by atoms with van der Waals surface area (Å²) in [7, 11) is 0. The van der Waals surface area contributed by atoms with Crippen LogP contribution in [0.15, 0.2) is 48.5 Å². The molecule has 5 heteroatoms. The lowest BCUT2D eigenvalue weighted by Crippen LogP contribution is -2.13. The van der Waals surface area contributed by atoms with E-state index in [1.807, 2.05) is 48.5 Å². The Kier molecular flexibility index (Phi) is 4.68. The van der Waals surface area contributed by atoms with E-state index < -0.39 is 0 Å². The summed E-state index contributed by atoms with van der Waals surface area (Å²) in [4.78, 5) is 7.92. The Morgan fingerprint density at radius 2 is 1.86 bits per heavy atom. The number of fused-ring (bicyclic) bond motifs is 1. The smallest absolute Gasteiger partial charge is 0.138 e. The molecule has 114 valence electrons. The van der Waals surface area contributed by atoms with Crippen LogP contribution in [0, 0.1) is 0 Å². The van der Waals surface area contributed by atoms with Crippen LogP contribution < -0.4 is 10.5 Å². The molecule has 5 nitrogen and oxygen atoms in total. The quantitative estimate of drug-likeness (QED) is 0.657. The molecule has 3 aromatic rings. The zero-order chi connectivity index (χ0) is 15.2. The van der Waals surface area contributed by atoms with Crippen LogP contribution in [0.3, 0.4) is 0 Å². The maximum atomic E-state index is 5.66. The van der Waals surface area contributed by atoms with Gasteiger partial charge in [0.15, 0.2) is 0 Å².